The minimum atomic E-state index is -0.453. The fourth-order valence-electron chi connectivity index (χ4n) is 2.39. The van der Waals surface area contributed by atoms with Crippen LogP contribution in [0.25, 0.3) is 0 Å². The van der Waals surface area contributed by atoms with Crippen LogP contribution in [0, 0.1) is 6.92 Å². The van der Waals surface area contributed by atoms with Crippen LogP contribution in [0.3, 0.4) is 0 Å². The second-order valence-electron chi connectivity index (χ2n) is 6.46. The second-order valence-corrected chi connectivity index (χ2v) is 6.46. The summed E-state index contributed by atoms with van der Waals surface area (Å²) in [5.41, 5.74) is 1.56. The predicted molar refractivity (Wildman–Crippen MR) is 81.4 cm³/mol. The van der Waals surface area contributed by atoms with Gasteiger partial charge in [0.25, 0.3) is 0 Å². The molecule has 2 rings (SSSR count). The summed E-state index contributed by atoms with van der Waals surface area (Å²) < 4.78 is 5.29. The third-order valence-electron chi connectivity index (χ3n) is 3.34. The number of carbonyl (C=O) groups excluding carboxylic acids is 1. The van der Waals surface area contributed by atoms with E-state index in [-0.39, 0.29) is 12.1 Å². The first-order valence-electron chi connectivity index (χ1n) is 7.37. The molecule has 116 valence electrons. The number of nitrogens with one attached hydrogen (secondary N) is 1. The maximum Gasteiger partial charge on any atom is 0.407 e. The highest BCUT2D eigenvalue weighted by molar-refractivity contribution is 5.68. The first-order valence-corrected chi connectivity index (χ1v) is 7.37. The van der Waals surface area contributed by atoms with Crippen LogP contribution in [0.2, 0.25) is 0 Å². The zero-order chi connectivity index (χ0) is 15.5. The quantitative estimate of drug-likeness (QED) is 0.905. The second kappa shape index (κ2) is 6.28. The first kappa shape index (κ1) is 15.5. The average Bonchev–Trinajstić information content (AvgIpc) is 2.37. The number of nitrogens with zero attached hydrogens (tertiary/aromatic N) is 3. The predicted octanol–water partition coefficient (Wildman–Crippen LogP) is 2.28. The van der Waals surface area contributed by atoms with Crippen molar-refractivity contribution in [3.05, 3.63) is 18.0 Å². The molecule has 2 heterocycles. The van der Waals surface area contributed by atoms with Gasteiger partial charge in [0.05, 0.1) is 17.6 Å². The summed E-state index contributed by atoms with van der Waals surface area (Å²) in [5, 5.41) is 10.9. The normalized spacial score (nSPS) is 16.7. The van der Waals surface area contributed by atoms with E-state index in [1.165, 1.54) is 0 Å². The number of aromatic nitrogens is 2. The molecule has 0 spiro atoms. The summed E-state index contributed by atoms with van der Waals surface area (Å²) in [6.45, 7) is 9.33. The standard InChI is InChI=1S/C15H24N4O2/c1-11-9-13(10-16-18-11)19-7-5-12(6-8-19)17-14(20)21-15(2,3)4/h9-10,12H,5-8H2,1-4H3,(H,17,20). The largest absolute Gasteiger partial charge is 0.444 e. The Morgan fingerprint density at radius 1 is 1.38 bits per heavy atom. The number of alkyl carbamates (subject to hydrolysis) is 1. The fraction of sp³-hybridized carbons (Fsp3) is 0.667. The zero-order valence-electron chi connectivity index (χ0n) is 13.2. The molecule has 1 amide bonds. The molecule has 0 bridgehead atoms. The van der Waals surface area contributed by atoms with Gasteiger partial charge in [-0.3, -0.25) is 0 Å². The number of carbonyl (C=O) groups is 1. The Balaban J connectivity index is 1.82. The number of rotatable bonds is 2. The van der Waals surface area contributed by atoms with Gasteiger partial charge in [0, 0.05) is 19.1 Å². The number of amides is 1. The van der Waals surface area contributed by atoms with Gasteiger partial charge >= 0.3 is 6.09 Å². The van der Waals surface area contributed by atoms with Crippen LogP contribution in [-0.2, 0) is 4.74 Å². The minimum Gasteiger partial charge on any atom is -0.444 e. The summed E-state index contributed by atoms with van der Waals surface area (Å²) in [5.74, 6) is 0. The summed E-state index contributed by atoms with van der Waals surface area (Å²) in [6, 6.07) is 2.21. The molecule has 0 radical (unpaired) electrons. The van der Waals surface area contributed by atoms with Crippen LogP contribution < -0.4 is 10.2 Å². The average molecular weight is 292 g/mol. The van der Waals surface area contributed by atoms with E-state index in [2.05, 4.69) is 20.4 Å². The Hall–Kier alpha value is -1.85. The highest BCUT2D eigenvalue weighted by Crippen LogP contribution is 2.19. The Morgan fingerprint density at radius 2 is 2.05 bits per heavy atom. The molecule has 21 heavy (non-hydrogen) atoms. The molecule has 0 atom stereocenters. The summed E-state index contributed by atoms with van der Waals surface area (Å²) in [6.07, 6.45) is 3.26. The minimum absolute atomic E-state index is 0.173. The Morgan fingerprint density at radius 3 is 2.62 bits per heavy atom. The molecule has 1 saturated heterocycles. The van der Waals surface area contributed by atoms with Crippen LogP contribution in [0.1, 0.15) is 39.3 Å². The zero-order valence-corrected chi connectivity index (χ0v) is 13.2. The molecule has 1 aliphatic heterocycles. The van der Waals surface area contributed by atoms with Gasteiger partial charge in [-0.1, -0.05) is 0 Å². The van der Waals surface area contributed by atoms with Gasteiger partial charge in [-0.05, 0) is 46.6 Å². The van der Waals surface area contributed by atoms with Crippen molar-refractivity contribution in [1.29, 1.82) is 0 Å². The lowest BCUT2D eigenvalue weighted by molar-refractivity contribution is 0.0497. The number of aryl methyl sites for hydroxylation is 1. The molecule has 0 unspecified atom stereocenters. The SMILES string of the molecule is Cc1cc(N2CCC(NC(=O)OC(C)(C)C)CC2)cnn1. The van der Waals surface area contributed by atoms with Crippen molar-refractivity contribution in [2.45, 2.75) is 52.2 Å². The van der Waals surface area contributed by atoms with Crippen molar-refractivity contribution < 1.29 is 9.53 Å². The monoisotopic (exact) mass is 292 g/mol. The third-order valence-corrected chi connectivity index (χ3v) is 3.34. The number of anilines is 1. The number of hydrogen-bond donors (Lipinski definition) is 1. The molecular weight excluding hydrogens is 268 g/mol. The molecule has 1 N–H and O–H groups in total. The van der Waals surface area contributed by atoms with E-state index in [0.717, 1.165) is 37.3 Å². The van der Waals surface area contributed by atoms with Gasteiger partial charge < -0.3 is 15.0 Å². The van der Waals surface area contributed by atoms with E-state index in [1.54, 1.807) is 6.20 Å². The van der Waals surface area contributed by atoms with Crippen molar-refractivity contribution in [3.8, 4) is 0 Å². The Labute approximate surface area is 125 Å². The molecule has 1 aromatic rings. The van der Waals surface area contributed by atoms with E-state index < -0.39 is 5.60 Å². The number of piperidine rings is 1. The Bertz CT molecular complexity index is 491. The summed E-state index contributed by atoms with van der Waals surface area (Å²) in [7, 11) is 0. The topological polar surface area (TPSA) is 67.4 Å². The maximum atomic E-state index is 11.8. The van der Waals surface area contributed by atoms with Crippen molar-refractivity contribution >= 4 is 11.8 Å². The molecule has 6 heteroatoms. The lowest BCUT2D eigenvalue weighted by atomic mass is 10.0. The molecular formula is C15H24N4O2. The van der Waals surface area contributed by atoms with Crippen molar-refractivity contribution in [3.63, 3.8) is 0 Å². The van der Waals surface area contributed by atoms with E-state index in [1.807, 2.05) is 33.8 Å². The van der Waals surface area contributed by atoms with Crippen LogP contribution in [-0.4, -0.2) is 41.0 Å². The van der Waals surface area contributed by atoms with Crippen LogP contribution in [0.15, 0.2) is 12.3 Å². The van der Waals surface area contributed by atoms with Crippen LogP contribution in [0.5, 0.6) is 0 Å². The summed E-state index contributed by atoms with van der Waals surface area (Å²) >= 11 is 0. The highest BCUT2D eigenvalue weighted by atomic mass is 16.6. The van der Waals surface area contributed by atoms with Gasteiger partial charge in [-0.2, -0.15) is 10.2 Å². The fourth-order valence-corrected chi connectivity index (χ4v) is 2.39. The molecule has 0 aliphatic carbocycles. The smallest absolute Gasteiger partial charge is 0.407 e. The van der Waals surface area contributed by atoms with Crippen molar-refractivity contribution in [2.24, 2.45) is 0 Å². The lowest BCUT2D eigenvalue weighted by Crippen LogP contribution is -2.46. The number of ether oxygens (including phenoxy) is 1. The molecule has 0 aromatic carbocycles. The molecule has 1 fully saturated rings. The highest BCUT2D eigenvalue weighted by Gasteiger charge is 2.23. The Kier molecular flexibility index (Phi) is 4.65. The van der Waals surface area contributed by atoms with E-state index in [4.69, 9.17) is 4.74 Å². The van der Waals surface area contributed by atoms with Crippen molar-refractivity contribution in [1.82, 2.24) is 15.5 Å². The molecule has 1 aromatic heterocycles. The van der Waals surface area contributed by atoms with Gasteiger partial charge in [-0.25, -0.2) is 4.79 Å². The summed E-state index contributed by atoms with van der Waals surface area (Å²) in [4.78, 5) is 14.0. The lowest BCUT2D eigenvalue weighted by Gasteiger charge is -2.34. The van der Waals surface area contributed by atoms with Crippen LogP contribution >= 0.6 is 0 Å². The van der Waals surface area contributed by atoms with Gasteiger partial charge in [-0.15, -0.1) is 0 Å². The maximum absolute atomic E-state index is 11.8. The number of hydrogen-bond acceptors (Lipinski definition) is 5. The van der Waals surface area contributed by atoms with E-state index in [0.29, 0.717) is 0 Å². The van der Waals surface area contributed by atoms with Gasteiger partial charge in [0.1, 0.15) is 5.60 Å². The van der Waals surface area contributed by atoms with Crippen LogP contribution in [0.4, 0.5) is 10.5 Å². The van der Waals surface area contributed by atoms with E-state index in [9.17, 15) is 4.79 Å². The molecule has 1 aliphatic rings. The third kappa shape index (κ3) is 4.88. The molecule has 6 nitrogen and oxygen atoms in total. The van der Waals surface area contributed by atoms with Gasteiger partial charge in [0.2, 0.25) is 0 Å². The molecule has 0 saturated carbocycles. The van der Waals surface area contributed by atoms with Crippen molar-refractivity contribution in [2.75, 3.05) is 18.0 Å². The first-order chi connectivity index (χ1) is 9.83. The van der Waals surface area contributed by atoms with E-state index >= 15 is 0 Å². The van der Waals surface area contributed by atoms with Gasteiger partial charge in [0.15, 0.2) is 0 Å².